The monoisotopic (exact) mass is 508 g/mol. The van der Waals surface area contributed by atoms with E-state index in [1.165, 1.54) is 33.5 Å². The molecule has 2 atom stereocenters. The Kier molecular flexibility index (Phi) is 7.81. The third-order valence-corrected chi connectivity index (χ3v) is 6.43. The van der Waals surface area contributed by atoms with Gasteiger partial charge in [0.2, 0.25) is 17.6 Å². The fraction of sp³-hybridized carbons (Fsp3) is 0.286. The van der Waals surface area contributed by atoms with Crippen molar-refractivity contribution in [3.63, 3.8) is 0 Å². The second-order valence-electron chi connectivity index (χ2n) is 8.51. The summed E-state index contributed by atoms with van der Waals surface area (Å²) < 4.78 is 35.2. The molecule has 0 unspecified atom stereocenters. The zero-order valence-corrected chi connectivity index (χ0v) is 21.1. The number of anilines is 2. The molecule has 1 aliphatic rings. The molecule has 1 heterocycles. The Labute approximate surface area is 214 Å². The fourth-order valence-electron chi connectivity index (χ4n) is 4.64. The molecular weight excluding hydrogens is 479 g/mol. The molecule has 1 aliphatic heterocycles. The number of ether oxygens (including phenoxy) is 4. The van der Waals surface area contributed by atoms with E-state index in [9.17, 15) is 14.0 Å². The molecule has 8 nitrogen and oxygen atoms in total. The Hall–Kier alpha value is -4.27. The average Bonchev–Trinajstić information content (AvgIpc) is 2.92. The van der Waals surface area contributed by atoms with Gasteiger partial charge < -0.3 is 29.2 Å². The number of amides is 2. The minimum atomic E-state index is -0.655. The number of halogens is 1. The topological polar surface area (TPSA) is 86.3 Å². The number of rotatable bonds is 8. The van der Waals surface area contributed by atoms with Crippen molar-refractivity contribution in [2.45, 2.75) is 18.9 Å². The lowest BCUT2D eigenvalue weighted by Gasteiger charge is -2.41. The van der Waals surface area contributed by atoms with Gasteiger partial charge in [-0.1, -0.05) is 12.1 Å². The number of piperidine rings is 1. The van der Waals surface area contributed by atoms with E-state index >= 15 is 0 Å². The molecule has 0 aromatic heterocycles. The van der Waals surface area contributed by atoms with Gasteiger partial charge >= 0.3 is 0 Å². The van der Waals surface area contributed by atoms with Crippen LogP contribution >= 0.6 is 0 Å². The molecule has 0 spiro atoms. The van der Waals surface area contributed by atoms with Crippen molar-refractivity contribution in [3.05, 3.63) is 72.0 Å². The fourth-order valence-corrected chi connectivity index (χ4v) is 4.64. The molecule has 0 radical (unpaired) electrons. The van der Waals surface area contributed by atoms with E-state index in [2.05, 4.69) is 5.32 Å². The molecule has 0 bridgehead atoms. The predicted molar refractivity (Wildman–Crippen MR) is 137 cm³/mol. The number of methoxy groups -OCH3 is 4. The Morgan fingerprint density at radius 1 is 0.892 bits per heavy atom. The summed E-state index contributed by atoms with van der Waals surface area (Å²) in [7, 11) is 6.05. The van der Waals surface area contributed by atoms with Crippen LogP contribution in [0, 0.1) is 11.7 Å². The number of hydrogen-bond donors (Lipinski definition) is 1. The maximum Gasteiger partial charge on any atom is 0.229 e. The van der Waals surface area contributed by atoms with Gasteiger partial charge in [-0.05, 0) is 48.4 Å². The van der Waals surface area contributed by atoms with Gasteiger partial charge in [-0.15, -0.1) is 0 Å². The van der Waals surface area contributed by atoms with Gasteiger partial charge in [0.1, 0.15) is 11.6 Å². The number of nitrogens with one attached hydrogen (secondary N) is 1. The number of carbonyl (C=O) groups excluding carboxylic acids is 2. The summed E-state index contributed by atoms with van der Waals surface area (Å²) >= 11 is 0. The Morgan fingerprint density at radius 2 is 1.51 bits per heavy atom. The molecule has 0 aliphatic carbocycles. The van der Waals surface area contributed by atoms with Gasteiger partial charge in [-0.2, -0.15) is 0 Å². The summed E-state index contributed by atoms with van der Waals surface area (Å²) in [5.74, 6) is 0.386. The summed E-state index contributed by atoms with van der Waals surface area (Å²) in [4.78, 5) is 28.5. The van der Waals surface area contributed by atoms with E-state index in [0.717, 1.165) is 0 Å². The summed E-state index contributed by atoms with van der Waals surface area (Å²) in [6, 6.07) is 15.5. The van der Waals surface area contributed by atoms with Crippen LogP contribution < -0.4 is 29.2 Å². The first-order valence-corrected chi connectivity index (χ1v) is 11.7. The van der Waals surface area contributed by atoms with Crippen LogP contribution in [-0.2, 0) is 9.59 Å². The van der Waals surface area contributed by atoms with Crippen LogP contribution in [0.3, 0.4) is 0 Å². The van der Waals surface area contributed by atoms with Crippen molar-refractivity contribution in [2.75, 3.05) is 38.7 Å². The number of hydrogen-bond acceptors (Lipinski definition) is 6. The van der Waals surface area contributed by atoms with Crippen molar-refractivity contribution in [3.8, 4) is 23.0 Å². The third-order valence-electron chi connectivity index (χ3n) is 6.43. The van der Waals surface area contributed by atoms with Crippen molar-refractivity contribution in [1.82, 2.24) is 0 Å². The van der Waals surface area contributed by atoms with E-state index in [4.69, 9.17) is 18.9 Å². The quantitative estimate of drug-likeness (QED) is 0.462. The number of nitrogens with zero attached hydrogens (tertiary/aromatic N) is 1. The number of benzene rings is 3. The maximum atomic E-state index is 13.8. The third kappa shape index (κ3) is 5.30. The normalized spacial score (nSPS) is 17.2. The van der Waals surface area contributed by atoms with Crippen LogP contribution in [0.2, 0.25) is 0 Å². The lowest BCUT2D eigenvalue weighted by molar-refractivity contribution is -0.125. The second kappa shape index (κ2) is 11.2. The van der Waals surface area contributed by atoms with Gasteiger partial charge in [0.05, 0.1) is 40.4 Å². The summed E-state index contributed by atoms with van der Waals surface area (Å²) in [5, 5.41) is 2.94. The van der Waals surface area contributed by atoms with E-state index in [0.29, 0.717) is 46.4 Å². The zero-order chi connectivity index (χ0) is 26.5. The van der Waals surface area contributed by atoms with Gasteiger partial charge in [0, 0.05) is 29.9 Å². The lowest BCUT2D eigenvalue weighted by atomic mass is 9.83. The molecule has 3 aromatic carbocycles. The van der Waals surface area contributed by atoms with Gasteiger partial charge in [0.25, 0.3) is 0 Å². The van der Waals surface area contributed by atoms with Gasteiger partial charge in [-0.25, -0.2) is 4.39 Å². The molecule has 2 amide bonds. The molecule has 0 saturated carbocycles. The Bertz CT molecular complexity index is 1240. The molecule has 1 fully saturated rings. The smallest absolute Gasteiger partial charge is 0.229 e. The molecule has 4 rings (SSSR count). The molecule has 37 heavy (non-hydrogen) atoms. The molecule has 9 heteroatoms. The SMILES string of the molecule is COc1ccc(N2C(=O)CC[C@H](C(=O)Nc3cc(OC)c(OC)c(OC)c3)[C@H]2c2ccc(F)cc2)cc1. The highest BCUT2D eigenvalue weighted by Crippen LogP contribution is 2.43. The van der Waals surface area contributed by atoms with E-state index in [1.54, 1.807) is 60.5 Å². The largest absolute Gasteiger partial charge is 0.497 e. The Morgan fingerprint density at radius 3 is 2.05 bits per heavy atom. The van der Waals surface area contributed by atoms with Crippen LogP contribution in [0.15, 0.2) is 60.7 Å². The van der Waals surface area contributed by atoms with Crippen LogP contribution in [0.4, 0.5) is 15.8 Å². The minimum absolute atomic E-state index is 0.128. The molecular formula is C28H29FN2O6. The van der Waals surface area contributed by atoms with Crippen LogP contribution in [0.5, 0.6) is 23.0 Å². The zero-order valence-electron chi connectivity index (χ0n) is 21.1. The minimum Gasteiger partial charge on any atom is -0.497 e. The maximum absolute atomic E-state index is 13.8. The summed E-state index contributed by atoms with van der Waals surface area (Å²) in [6.45, 7) is 0. The standard InChI is InChI=1S/C28H29FN2O6/c1-34-21-11-9-20(10-12-21)31-25(32)14-13-22(26(31)17-5-7-18(29)8-6-17)28(33)30-19-15-23(35-2)27(37-4)24(16-19)36-3/h5-12,15-16,22,26H,13-14H2,1-4H3,(H,30,33)/t22-,26+/m0/s1. The highest BCUT2D eigenvalue weighted by Gasteiger charge is 2.41. The predicted octanol–water partition coefficient (Wildman–Crippen LogP) is 4.98. The Balaban J connectivity index is 1.73. The van der Waals surface area contributed by atoms with Crippen molar-refractivity contribution in [1.29, 1.82) is 0 Å². The first kappa shape index (κ1) is 25.8. The van der Waals surface area contributed by atoms with Gasteiger partial charge in [0.15, 0.2) is 11.5 Å². The first-order valence-electron chi connectivity index (χ1n) is 11.7. The average molecular weight is 509 g/mol. The van der Waals surface area contributed by atoms with Crippen molar-refractivity contribution in [2.24, 2.45) is 5.92 Å². The van der Waals surface area contributed by atoms with Crippen molar-refractivity contribution >= 4 is 23.2 Å². The van der Waals surface area contributed by atoms with Gasteiger partial charge in [-0.3, -0.25) is 9.59 Å². The molecule has 194 valence electrons. The number of carbonyl (C=O) groups is 2. The second-order valence-corrected chi connectivity index (χ2v) is 8.51. The van der Waals surface area contributed by atoms with E-state index < -0.39 is 17.8 Å². The summed E-state index contributed by atoms with van der Waals surface area (Å²) in [6.07, 6.45) is 0.501. The van der Waals surface area contributed by atoms with Crippen LogP contribution in [-0.4, -0.2) is 40.3 Å². The summed E-state index contributed by atoms with van der Waals surface area (Å²) in [5.41, 5.74) is 1.71. The highest BCUT2D eigenvalue weighted by atomic mass is 19.1. The van der Waals surface area contributed by atoms with E-state index in [-0.39, 0.29) is 18.2 Å². The molecule has 1 saturated heterocycles. The van der Waals surface area contributed by atoms with E-state index in [1.807, 2.05) is 0 Å². The van der Waals surface area contributed by atoms with Crippen LogP contribution in [0.1, 0.15) is 24.4 Å². The lowest BCUT2D eigenvalue weighted by Crippen LogP contribution is -2.47. The van der Waals surface area contributed by atoms with Crippen LogP contribution in [0.25, 0.3) is 0 Å². The first-order chi connectivity index (χ1) is 17.9. The van der Waals surface area contributed by atoms with Crippen molar-refractivity contribution < 1.29 is 32.9 Å². The molecule has 3 aromatic rings. The molecule has 1 N–H and O–H groups in total. The highest BCUT2D eigenvalue weighted by molar-refractivity contribution is 6.00.